The van der Waals surface area contributed by atoms with E-state index in [1.54, 1.807) is 32.2 Å². The number of aromatic nitrogens is 3. The first-order chi connectivity index (χ1) is 24.0. The van der Waals surface area contributed by atoms with Crippen LogP contribution in [-0.2, 0) is 35.4 Å². The topological polar surface area (TPSA) is 99.0 Å². The Labute approximate surface area is 288 Å². The number of pyridine rings is 1. The van der Waals surface area contributed by atoms with E-state index in [0.29, 0.717) is 57.3 Å². The van der Waals surface area contributed by atoms with E-state index in [4.69, 9.17) is 19.2 Å². The molecule has 2 fully saturated rings. The van der Waals surface area contributed by atoms with Crippen molar-refractivity contribution in [3.8, 4) is 28.1 Å². The zero-order valence-electron chi connectivity index (χ0n) is 28.1. The number of nitrogens with zero attached hydrogens (tertiary/aromatic N) is 5. The second kappa shape index (κ2) is 13.1. The Morgan fingerprint density at radius 2 is 1.63 bits per heavy atom. The number of cyclic esters (lactones) is 1. The van der Waals surface area contributed by atoms with Gasteiger partial charge in [-0.05, 0) is 74.4 Å². The van der Waals surface area contributed by atoms with Crippen molar-refractivity contribution < 1.29 is 50.1 Å². The highest BCUT2D eigenvalue weighted by Gasteiger charge is 2.44. The molecule has 0 saturated carbocycles. The number of anilines is 1. The van der Waals surface area contributed by atoms with Crippen molar-refractivity contribution in [2.75, 3.05) is 32.2 Å². The lowest BCUT2D eigenvalue weighted by atomic mass is 9.96. The largest absolute Gasteiger partial charge is 0.496 e. The van der Waals surface area contributed by atoms with E-state index < -0.39 is 53.3 Å². The number of rotatable bonds is 8. The summed E-state index contributed by atoms with van der Waals surface area (Å²) in [6.07, 6.45) is -11.5. The number of hydrogen-bond acceptors (Lipinski definition) is 8. The van der Waals surface area contributed by atoms with Crippen LogP contribution in [0.4, 0.5) is 37.0 Å². The van der Waals surface area contributed by atoms with Crippen LogP contribution in [0.5, 0.6) is 5.75 Å². The molecule has 0 radical (unpaired) electrons. The van der Waals surface area contributed by atoms with E-state index in [0.717, 1.165) is 19.5 Å². The molecule has 0 bridgehead atoms. The number of benzene rings is 2. The highest BCUT2D eigenvalue weighted by molar-refractivity contribution is 5.92. The minimum atomic E-state index is -5.07. The minimum Gasteiger partial charge on any atom is -0.496 e. The summed E-state index contributed by atoms with van der Waals surface area (Å²) in [5.41, 5.74) is 0.0202. The summed E-state index contributed by atoms with van der Waals surface area (Å²) in [5.74, 6) is 0.516. The molecule has 10 nitrogen and oxygen atoms in total. The Bertz CT molecular complexity index is 1970. The molecule has 2 aliphatic rings. The van der Waals surface area contributed by atoms with Gasteiger partial charge in [-0.1, -0.05) is 0 Å². The highest BCUT2D eigenvalue weighted by atomic mass is 19.4. The molecule has 6 rings (SSSR count). The maximum atomic E-state index is 13.7. The monoisotopic (exact) mass is 717 g/mol. The molecule has 2 saturated heterocycles. The Balaban J connectivity index is 1.41. The van der Waals surface area contributed by atoms with Gasteiger partial charge in [-0.25, -0.2) is 14.6 Å². The number of carbonyl (C=O) groups is 2. The van der Waals surface area contributed by atoms with E-state index in [2.05, 4.69) is 5.10 Å². The average molecular weight is 718 g/mol. The van der Waals surface area contributed by atoms with Gasteiger partial charge >= 0.3 is 24.4 Å². The summed E-state index contributed by atoms with van der Waals surface area (Å²) in [4.78, 5) is 33.9. The van der Waals surface area contributed by atoms with Crippen LogP contribution >= 0.6 is 0 Å². The standard InChI is InChI=1S/C35H33F6N5O5/c1-18-29(43-44(3)30(18)32(47)50-5)20-7-9-27(49-4)25(15-20)24-8-10-28(45-11-6-12-45)42-26(24)17-46-19(2)31(51-33(46)48)21-13-22(34(36,37)38)16-23(14-21)35(39,40)41/h7-10,13-16,19,31H,6,11-12,17H2,1-5H3/t19?,31-/m0/s1. The molecule has 0 aliphatic carbocycles. The predicted molar refractivity (Wildman–Crippen MR) is 172 cm³/mol. The van der Waals surface area contributed by atoms with Crippen LogP contribution in [0, 0.1) is 6.92 Å². The SMILES string of the molecule is COC(=O)c1c(C)c(-c2ccc(OC)c(-c3ccc(N4CCC4)nc3CN3C(=O)O[C@H](c4cc(C(F)(F)F)cc(C(F)(F)F)c4)C3C)c2)nn1C. The second-order valence-corrected chi connectivity index (χ2v) is 12.4. The van der Waals surface area contributed by atoms with Gasteiger partial charge in [-0.3, -0.25) is 9.58 Å². The first-order valence-electron chi connectivity index (χ1n) is 15.8. The molecule has 2 atom stereocenters. The Kier molecular flexibility index (Phi) is 9.14. The van der Waals surface area contributed by atoms with E-state index in [9.17, 15) is 35.9 Å². The van der Waals surface area contributed by atoms with Crippen LogP contribution in [0.2, 0.25) is 0 Å². The van der Waals surface area contributed by atoms with Crippen molar-refractivity contribution in [3.63, 3.8) is 0 Å². The maximum absolute atomic E-state index is 13.7. The van der Waals surface area contributed by atoms with E-state index in [-0.39, 0.29) is 18.3 Å². The van der Waals surface area contributed by atoms with Crippen LogP contribution in [0.25, 0.3) is 22.4 Å². The molecule has 2 aromatic heterocycles. The molecule has 51 heavy (non-hydrogen) atoms. The minimum absolute atomic E-state index is 0.0321. The molecule has 4 heterocycles. The molecule has 2 aliphatic heterocycles. The summed E-state index contributed by atoms with van der Waals surface area (Å²) in [6, 6.07) is 9.12. The number of amides is 1. The average Bonchev–Trinajstić information content (AvgIpc) is 3.51. The maximum Gasteiger partial charge on any atom is 0.416 e. The van der Waals surface area contributed by atoms with Gasteiger partial charge in [-0.15, -0.1) is 0 Å². The van der Waals surface area contributed by atoms with E-state index >= 15 is 0 Å². The van der Waals surface area contributed by atoms with Gasteiger partial charge < -0.3 is 19.1 Å². The normalized spacial score (nSPS) is 17.7. The summed E-state index contributed by atoms with van der Waals surface area (Å²) < 4.78 is 99.5. The Morgan fingerprint density at radius 1 is 0.961 bits per heavy atom. The third kappa shape index (κ3) is 6.66. The summed E-state index contributed by atoms with van der Waals surface area (Å²) in [6.45, 7) is 4.56. The predicted octanol–water partition coefficient (Wildman–Crippen LogP) is 7.58. The molecule has 16 heteroatoms. The number of hydrogen-bond donors (Lipinski definition) is 0. The molecule has 270 valence electrons. The number of methoxy groups -OCH3 is 2. The smallest absolute Gasteiger partial charge is 0.416 e. The molecular formula is C35H33F6N5O5. The van der Waals surface area contributed by atoms with Crippen molar-refractivity contribution in [2.24, 2.45) is 7.05 Å². The van der Waals surface area contributed by atoms with Crippen molar-refractivity contribution >= 4 is 17.9 Å². The number of carbonyl (C=O) groups excluding carboxylic acids is 2. The fourth-order valence-electron chi connectivity index (χ4n) is 6.39. The van der Waals surface area contributed by atoms with Crippen LogP contribution in [0.3, 0.4) is 0 Å². The van der Waals surface area contributed by atoms with Crippen LogP contribution in [-0.4, -0.2) is 65.1 Å². The molecule has 2 aromatic carbocycles. The van der Waals surface area contributed by atoms with Gasteiger partial charge in [0.1, 0.15) is 23.4 Å². The van der Waals surface area contributed by atoms with Gasteiger partial charge in [0.05, 0.1) is 49.3 Å². The lowest BCUT2D eigenvalue weighted by molar-refractivity contribution is -0.143. The molecule has 1 amide bonds. The molecular weight excluding hydrogens is 684 g/mol. The Hall–Kier alpha value is -5.28. The third-order valence-electron chi connectivity index (χ3n) is 9.22. The van der Waals surface area contributed by atoms with Crippen LogP contribution in [0.1, 0.15) is 57.9 Å². The van der Waals surface area contributed by atoms with Gasteiger partial charge in [0.2, 0.25) is 0 Å². The van der Waals surface area contributed by atoms with E-state index in [1.165, 1.54) is 30.7 Å². The first-order valence-corrected chi connectivity index (χ1v) is 15.8. The molecule has 0 N–H and O–H groups in total. The summed E-state index contributed by atoms with van der Waals surface area (Å²) in [7, 11) is 4.38. The lowest BCUT2D eigenvalue weighted by Crippen LogP contribution is -2.38. The number of alkyl halides is 6. The number of aryl methyl sites for hydroxylation is 1. The fraction of sp³-hybridized carbons (Fsp3) is 0.371. The second-order valence-electron chi connectivity index (χ2n) is 12.4. The lowest BCUT2D eigenvalue weighted by Gasteiger charge is -2.33. The van der Waals surface area contributed by atoms with Crippen molar-refractivity contribution in [1.29, 1.82) is 0 Å². The third-order valence-corrected chi connectivity index (χ3v) is 9.22. The number of halogens is 6. The summed E-state index contributed by atoms with van der Waals surface area (Å²) >= 11 is 0. The van der Waals surface area contributed by atoms with Gasteiger partial charge in [-0.2, -0.15) is 31.4 Å². The summed E-state index contributed by atoms with van der Waals surface area (Å²) in [5, 5.41) is 4.54. The van der Waals surface area contributed by atoms with Gasteiger partial charge in [0.25, 0.3) is 0 Å². The van der Waals surface area contributed by atoms with E-state index in [1.807, 2.05) is 17.0 Å². The highest BCUT2D eigenvalue weighted by Crippen LogP contribution is 2.43. The first kappa shape index (κ1) is 35.5. The quantitative estimate of drug-likeness (QED) is 0.136. The van der Waals surface area contributed by atoms with Crippen molar-refractivity contribution in [1.82, 2.24) is 19.7 Å². The van der Waals surface area contributed by atoms with Crippen LogP contribution < -0.4 is 9.64 Å². The van der Waals surface area contributed by atoms with Crippen molar-refractivity contribution in [2.45, 2.75) is 51.3 Å². The zero-order valence-corrected chi connectivity index (χ0v) is 28.1. The zero-order chi connectivity index (χ0) is 37.0. The molecule has 1 unspecified atom stereocenters. The molecule has 0 spiro atoms. The molecule has 4 aromatic rings. The van der Waals surface area contributed by atoms with Crippen molar-refractivity contribution in [3.05, 3.63) is 82.2 Å². The Morgan fingerprint density at radius 3 is 2.20 bits per heavy atom. The fourth-order valence-corrected chi connectivity index (χ4v) is 6.39. The van der Waals surface area contributed by atoms with Crippen LogP contribution in [0.15, 0.2) is 48.5 Å². The number of esters is 1. The van der Waals surface area contributed by atoms with Gasteiger partial charge in [0.15, 0.2) is 0 Å². The number of ether oxygens (including phenoxy) is 3. The van der Waals surface area contributed by atoms with Gasteiger partial charge in [0, 0.05) is 42.4 Å².